The first-order valence-corrected chi connectivity index (χ1v) is 6.12. The van der Waals surface area contributed by atoms with E-state index in [1.165, 1.54) is 12.1 Å². The van der Waals surface area contributed by atoms with Crippen LogP contribution in [0, 0.1) is 5.92 Å². The molecule has 1 aromatic carbocycles. The van der Waals surface area contributed by atoms with Gasteiger partial charge in [0.1, 0.15) is 0 Å². The standard InChI is InChI=1S/C14H18F3N/c1-8-9(2)13(3,4)18-12-7-10(14(15,16)17)5-6-11(8)12/h5-9,18H,1-4H3. The smallest absolute Gasteiger partial charge is 0.380 e. The fourth-order valence-corrected chi connectivity index (χ4v) is 2.59. The van der Waals surface area contributed by atoms with Crippen molar-refractivity contribution >= 4 is 5.69 Å². The highest BCUT2D eigenvalue weighted by atomic mass is 19.4. The molecule has 2 rings (SSSR count). The summed E-state index contributed by atoms with van der Waals surface area (Å²) < 4.78 is 38.1. The summed E-state index contributed by atoms with van der Waals surface area (Å²) in [5, 5.41) is 3.23. The van der Waals surface area contributed by atoms with E-state index < -0.39 is 11.7 Å². The lowest BCUT2D eigenvalue weighted by Gasteiger charge is -2.43. The van der Waals surface area contributed by atoms with Crippen molar-refractivity contribution in [1.82, 2.24) is 0 Å². The molecular formula is C14H18F3N. The molecule has 0 fully saturated rings. The lowest BCUT2D eigenvalue weighted by molar-refractivity contribution is -0.137. The van der Waals surface area contributed by atoms with E-state index in [2.05, 4.69) is 19.2 Å². The summed E-state index contributed by atoms with van der Waals surface area (Å²) >= 11 is 0. The zero-order chi connectivity index (χ0) is 13.7. The molecule has 18 heavy (non-hydrogen) atoms. The summed E-state index contributed by atoms with van der Waals surface area (Å²) in [4.78, 5) is 0. The number of hydrogen-bond acceptors (Lipinski definition) is 1. The summed E-state index contributed by atoms with van der Waals surface area (Å²) in [6.45, 7) is 8.24. The molecule has 0 saturated carbocycles. The third-order valence-electron chi connectivity index (χ3n) is 4.22. The molecule has 1 aliphatic rings. The molecule has 2 atom stereocenters. The van der Waals surface area contributed by atoms with E-state index in [0.29, 0.717) is 11.6 Å². The van der Waals surface area contributed by atoms with E-state index in [9.17, 15) is 13.2 Å². The minimum absolute atomic E-state index is 0.198. The molecule has 4 heteroatoms. The van der Waals surface area contributed by atoms with E-state index in [0.717, 1.165) is 5.56 Å². The topological polar surface area (TPSA) is 12.0 Å². The van der Waals surface area contributed by atoms with Crippen LogP contribution in [0.3, 0.4) is 0 Å². The summed E-state index contributed by atoms with van der Waals surface area (Å²) in [5.41, 5.74) is 0.790. The molecule has 2 unspecified atom stereocenters. The average Bonchev–Trinajstić information content (AvgIpc) is 2.23. The number of rotatable bonds is 0. The van der Waals surface area contributed by atoms with Gasteiger partial charge in [-0.2, -0.15) is 13.2 Å². The van der Waals surface area contributed by atoms with Crippen molar-refractivity contribution in [1.29, 1.82) is 0 Å². The second-order valence-electron chi connectivity index (χ2n) is 5.72. The van der Waals surface area contributed by atoms with Gasteiger partial charge < -0.3 is 5.32 Å². The first-order valence-electron chi connectivity index (χ1n) is 6.12. The minimum Gasteiger partial charge on any atom is -0.380 e. The van der Waals surface area contributed by atoms with Gasteiger partial charge in [0.15, 0.2) is 0 Å². The molecule has 1 nitrogen and oxygen atoms in total. The van der Waals surface area contributed by atoms with Crippen molar-refractivity contribution < 1.29 is 13.2 Å². The van der Waals surface area contributed by atoms with Crippen molar-refractivity contribution in [2.45, 2.75) is 45.3 Å². The molecule has 0 aromatic heterocycles. The maximum atomic E-state index is 12.7. The quantitative estimate of drug-likeness (QED) is 0.713. The van der Waals surface area contributed by atoms with Crippen molar-refractivity contribution in [2.24, 2.45) is 5.92 Å². The van der Waals surface area contributed by atoms with Crippen LogP contribution in [0.25, 0.3) is 0 Å². The summed E-state index contributed by atoms with van der Waals surface area (Å²) in [5.74, 6) is 0.611. The van der Waals surface area contributed by atoms with Gasteiger partial charge >= 0.3 is 6.18 Å². The second kappa shape index (κ2) is 3.90. The number of anilines is 1. The van der Waals surface area contributed by atoms with E-state index in [-0.39, 0.29) is 11.5 Å². The third-order valence-corrected chi connectivity index (χ3v) is 4.22. The van der Waals surface area contributed by atoms with Gasteiger partial charge in [0.25, 0.3) is 0 Å². The molecule has 0 saturated heterocycles. The molecule has 0 spiro atoms. The molecule has 1 heterocycles. The Morgan fingerprint density at radius 2 is 1.78 bits per heavy atom. The van der Waals surface area contributed by atoms with Crippen molar-refractivity contribution in [2.75, 3.05) is 5.32 Å². The number of alkyl halides is 3. The van der Waals surface area contributed by atoms with Crippen LogP contribution in [-0.4, -0.2) is 5.54 Å². The highest BCUT2D eigenvalue weighted by Gasteiger charge is 2.38. The van der Waals surface area contributed by atoms with Crippen molar-refractivity contribution in [3.05, 3.63) is 29.3 Å². The van der Waals surface area contributed by atoms with Crippen LogP contribution < -0.4 is 5.32 Å². The van der Waals surface area contributed by atoms with Crippen LogP contribution in [0.1, 0.15) is 44.7 Å². The van der Waals surface area contributed by atoms with Gasteiger partial charge in [-0.05, 0) is 43.4 Å². The zero-order valence-electron chi connectivity index (χ0n) is 11.0. The molecule has 100 valence electrons. The fraction of sp³-hybridized carbons (Fsp3) is 0.571. The second-order valence-corrected chi connectivity index (χ2v) is 5.72. The summed E-state index contributed by atoms with van der Waals surface area (Å²) in [6.07, 6.45) is -4.28. The molecule has 0 bridgehead atoms. The Labute approximate surface area is 105 Å². The highest BCUT2D eigenvalue weighted by molar-refractivity contribution is 5.59. The number of benzene rings is 1. The number of fused-ring (bicyclic) bond motifs is 1. The Morgan fingerprint density at radius 3 is 2.33 bits per heavy atom. The maximum Gasteiger partial charge on any atom is 0.416 e. The molecule has 1 aromatic rings. The highest BCUT2D eigenvalue weighted by Crippen LogP contribution is 2.44. The van der Waals surface area contributed by atoms with Gasteiger partial charge in [0, 0.05) is 11.2 Å². The van der Waals surface area contributed by atoms with E-state index >= 15 is 0 Å². The zero-order valence-corrected chi connectivity index (χ0v) is 11.0. The van der Waals surface area contributed by atoms with Crippen LogP contribution >= 0.6 is 0 Å². The first kappa shape index (κ1) is 13.2. The molecular weight excluding hydrogens is 239 g/mol. The lowest BCUT2D eigenvalue weighted by Crippen LogP contribution is -2.44. The van der Waals surface area contributed by atoms with Crippen LogP contribution in [0.4, 0.5) is 18.9 Å². The van der Waals surface area contributed by atoms with Gasteiger partial charge in [-0.25, -0.2) is 0 Å². The Hall–Kier alpha value is -1.19. The summed E-state index contributed by atoms with van der Waals surface area (Å²) in [6, 6.07) is 3.99. The normalized spacial score (nSPS) is 26.4. The average molecular weight is 257 g/mol. The van der Waals surface area contributed by atoms with Gasteiger partial charge in [-0.15, -0.1) is 0 Å². The lowest BCUT2D eigenvalue weighted by atomic mass is 9.73. The monoisotopic (exact) mass is 257 g/mol. The largest absolute Gasteiger partial charge is 0.416 e. The first-order chi connectivity index (χ1) is 8.13. The molecule has 1 aliphatic heterocycles. The maximum absolute atomic E-state index is 12.7. The molecule has 0 amide bonds. The van der Waals surface area contributed by atoms with Crippen LogP contribution in [0.5, 0.6) is 0 Å². The van der Waals surface area contributed by atoms with Gasteiger partial charge in [0.05, 0.1) is 5.56 Å². The van der Waals surface area contributed by atoms with Gasteiger partial charge in [-0.3, -0.25) is 0 Å². The molecule has 0 aliphatic carbocycles. The third kappa shape index (κ3) is 2.08. The van der Waals surface area contributed by atoms with Crippen LogP contribution in [0.2, 0.25) is 0 Å². The fourth-order valence-electron chi connectivity index (χ4n) is 2.59. The van der Waals surface area contributed by atoms with Crippen molar-refractivity contribution in [3.8, 4) is 0 Å². The van der Waals surface area contributed by atoms with Crippen molar-refractivity contribution in [3.63, 3.8) is 0 Å². The van der Waals surface area contributed by atoms with E-state index in [1.54, 1.807) is 6.07 Å². The predicted octanol–water partition coefficient (Wildman–Crippen LogP) is 4.65. The van der Waals surface area contributed by atoms with Gasteiger partial charge in [-0.1, -0.05) is 19.9 Å². The SMILES string of the molecule is CC1c2ccc(C(F)(F)F)cc2NC(C)(C)C1C. The Bertz CT molecular complexity index is 463. The Kier molecular flexibility index (Phi) is 2.87. The predicted molar refractivity (Wildman–Crippen MR) is 66.7 cm³/mol. The van der Waals surface area contributed by atoms with Gasteiger partial charge in [0.2, 0.25) is 0 Å². The minimum atomic E-state index is -4.28. The Morgan fingerprint density at radius 1 is 1.17 bits per heavy atom. The molecule has 0 radical (unpaired) electrons. The Balaban J connectivity index is 2.49. The number of hydrogen-bond donors (Lipinski definition) is 1. The number of nitrogens with one attached hydrogen (secondary N) is 1. The number of halogens is 3. The molecule has 1 N–H and O–H groups in total. The van der Waals surface area contributed by atoms with E-state index in [4.69, 9.17) is 0 Å². The van der Waals surface area contributed by atoms with Crippen LogP contribution in [0.15, 0.2) is 18.2 Å². The summed E-state index contributed by atoms with van der Waals surface area (Å²) in [7, 11) is 0. The van der Waals surface area contributed by atoms with Crippen LogP contribution in [-0.2, 0) is 6.18 Å². The van der Waals surface area contributed by atoms with E-state index in [1.807, 2.05) is 13.8 Å².